The topological polar surface area (TPSA) is 95.4 Å². The van der Waals surface area contributed by atoms with Gasteiger partial charge in [0, 0.05) is 12.4 Å². The van der Waals surface area contributed by atoms with Crippen LogP contribution in [0.5, 0.6) is 0 Å². The van der Waals surface area contributed by atoms with Gasteiger partial charge >= 0.3 is 0 Å². The lowest BCUT2D eigenvalue weighted by atomic mass is 10.3. The maximum absolute atomic E-state index is 4.80. The van der Waals surface area contributed by atoms with E-state index in [1.807, 2.05) is 35.8 Å². The average molecular weight is 293 g/mol. The second-order valence-corrected chi connectivity index (χ2v) is 4.78. The van der Waals surface area contributed by atoms with Crippen LogP contribution >= 0.6 is 0 Å². The molecule has 0 aliphatic rings. The van der Waals surface area contributed by atoms with E-state index in [4.69, 9.17) is 4.63 Å². The Hall–Kier alpha value is -3.16. The summed E-state index contributed by atoms with van der Waals surface area (Å²) >= 11 is 0. The number of aryl methyl sites for hydroxylation is 1. The van der Waals surface area contributed by atoms with E-state index in [1.54, 1.807) is 12.4 Å². The molecular weight excluding hydrogens is 282 g/mol. The molecule has 8 heteroatoms. The monoisotopic (exact) mass is 293 g/mol. The highest BCUT2D eigenvalue weighted by Crippen LogP contribution is 2.24. The van der Waals surface area contributed by atoms with Gasteiger partial charge in [-0.2, -0.15) is 10.2 Å². The van der Waals surface area contributed by atoms with E-state index in [-0.39, 0.29) is 0 Å². The first-order chi connectivity index (χ1) is 10.8. The van der Waals surface area contributed by atoms with E-state index >= 15 is 0 Å². The van der Waals surface area contributed by atoms with Crippen LogP contribution in [0.25, 0.3) is 22.7 Å². The van der Waals surface area contributed by atoms with Crippen molar-refractivity contribution in [3.05, 3.63) is 48.0 Å². The molecule has 4 rings (SSSR count). The van der Waals surface area contributed by atoms with Crippen molar-refractivity contribution in [2.45, 2.75) is 13.5 Å². The maximum atomic E-state index is 4.80. The van der Waals surface area contributed by atoms with E-state index in [2.05, 4.69) is 30.5 Å². The summed E-state index contributed by atoms with van der Waals surface area (Å²) < 4.78 is 6.74. The molecule has 0 aliphatic heterocycles. The fraction of sp³-hybridized carbons (Fsp3) is 0.143. The first-order valence-corrected chi connectivity index (χ1v) is 6.70. The Morgan fingerprint density at radius 2 is 2.05 bits per heavy atom. The van der Waals surface area contributed by atoms with E-state index < -0.39 is 0 Å². The van der Waals surface area contributed by atoms with Crippen LogP contribution in [0.15, 0.2) is 41.3 Å². The molecule has 0 saturated heterocycles. The van der Waals surface area contributed by atoms with E-state index in [1.165, 1.54) is 0 Å². The van der Waals surface area contributed by atoms with Crippen molar-refractivity contribution < 1.29 is 4.63 Å². The van der Waals surface area contributed by atoms with Gasteiger partial charge in [-0.25, -0.2) is 14.6 Å². The second kappa shape index (κ2) is 4.99. The Morgan fingerprint density at radius 3 is 2.82 bits per heavy atom. The molecule has 4 aromatic heterocycles. The number of aromatic nitrogens is 7. The molecule has 0 aliphatic carbocycles. The first-order valence-electron chi connectivity index (χ1n) is 6.70. The Bertz CT molecular complexity index is 929. The molecule has 0 unspecified atom stereocenters. The lowest BCUT2D eigenvalue weighted by Gasteiger charge is -2.05. The molecule has 0 saturated carbocycles. The molecule has 0 spiro atoms. The molecule has 22 heavy (non-hydrogen) atoms. The van der Waals surface area contributed by atoms with Gasteiger partial charge in [-0.1, -0.05) is 5.16 Å². The minimum Gasteiger partial charge on any atom is -0.301 e. The van der Waals surface area contributed by atoms with Crippen LogP contribution in [0, 0.1) is 6.92 Å². The number of rotatable bonds is 3. The lowest BCUT2D eigenvalue weighted by Crippen LogP contribution is -2.06. The third-order valence-electron chi connectivity index (χ3n) is 3.32. The lowest BCUT2D eigenvalue weighted by molar-refractivity contribution is 0.305. The summed E-state index contributed by atoms with van der Waals surface area (Å²) in [6.07, 6.45) is 3.37. The predicted octanol–water partition coefficient (Wildman–Crippen LogP) is 1.63. The average Bonchev–Trinajstić information content (AvgIpc) is 3.12. The van der Waals surface area contributed by atoms with Crippen LogP contribution in [0.1, 0.15) is 11.4 Å². The van der Waals surface area contributed by atoms with Gasteiger partial charge in [0.15, 0.2) is 17.2 Å². The maximum Gasteiger partial charge on any atom is 0.173 e. The van der Waals surface area contributed by atoms with Crippen molar-refractivity contribution in [1.82, 2.24) is 35.0 Å². The van der Waals surface area contributed by atoms with Gasteiger partial charge in [-0.05, 0) is 36.3 Å². The second-order valence-electron chi connectivity index (χ2n) is 4.78. The number of imidazole rings is 1. The van der Waals surface area contributed by atoms with Crippen LogP contribution in [-0.4, -0.2) is 35.0 Å². The highest BCUT2D eigenvalue weighted by atomic mass is 16.6. The molecule has 0 atom stereocenters. The smallest absolute Gasteiger partial charge is 0.173 e. The third-order valence-corrected chi connectivity index (χ3v) is 3.32. The van der Waals surface area contributed by atoms with Crippen LogP contribution < -0.4 is 0 Å². The van der Waals surface area contributed by atoms with Gasteiger partial charge in [0.25, 0.3) is 0 Å². The van der Waals surface area contributed by atoms with Crippen LogP contribution in [-0.2, 0) is 6.54 Å². The summed E-state index contributed by atoms with van der Waals surface area (Å²) in [5.41, 5.74) is 3.62. The van der Waals surface area contributed by atoms with Crippen molar-refractivity contribution in [2.75, 3.05) is 0 Å². The van der Waals surface area contributed by atoms with Crippen molar-refractivity contribution in [1.29, 1.82) is 0 Å². The van der Waals surface area contributed by atoms with Crippen molar-refractivity contribution >= 4 is 11.2 Å². The molecule has 0 amide bonds. The van der Waals surface area contributed by atoms with Crippen LogP contribution in [0.3, 0.4) is 0 Å². The molecule has 4 aromatic rings. The molecule has 108 valence electrons. The minimum absolute atomic E-state index is 0.489. The quantitative estimate of drug-likeness (QED) is 0.566. The zero-order valence-corrected chi connectivity index (χ0v) is 11.7. The highest BCUT2D eigenvalue weighted by Gasteiger charge is 2.19. The number of hydrogen-bond acceptors (Lipinski definition) is 7. The van der Waals surface area contributed by atoms with Gasteiger partial charge in [0.1, 0.15) is 11.2 Å². The number of pyridine rings is 1. The summed E-state index contributed by atoms with van der Waals surface area (Å²) in [6, 6.07) is 7.50. The molecule has 0 N–H and O–H groups in total. The highest BCUT2D eigenvalue weighted by molar-refractivity contribution is 5.76. The molecule has 0 bridgehead atoms. The Labute approximate surface area is 124 Å². The summed E-state index contributed by atoms with van der Waals surface area (Å²) in [6.45, 7) is 2.31. The normalized spacial score (nSPS) is 11.1. The summed E-state index contributed by atoms with van der Waals surface area (Å²) in [5, 5.41) is 15.8. The van der Waals surface area contributed by atoms with Gasteiger partial charge in [0.05, 0.1) is 12.2 Å². The van der Waals surface area contributed by atoms with Crippen LogP contribution in [0.4, 0.5) is 0 Å². The van der Waals surface area contributed by atoms with E-state index in [0.717, 1.165) is 16.9 Å². The molecule has 0 radical (unpaired) electrons. The zero-order chi connectivity index (χ0) is 14.9. The van der Waals surface area contributed by atoms with Crippen molar-refractivity contribution in [3.8, 4) is 11.5 Å². The predicted molar refractivity (Wildman–Crippen MR) is 76.7 cm³/mol. The van der Waals surface area contributed by atoms with Gasteiger partial charge in [0.2, 0.25) is 0 Å². The van der Waals surface area contributed by atoms with E-state index in [9.17, 15) is 0 Å². The van der Waals surface area contributed by atoms with Crippen molar-refractivity contribution in [2.24, 2.45) is 0 Å². The number of nitrogens with zero attached hydrogens (tertiary/aromatic N) is 7. The molecule has 8 nitrogen and oxygen atoms in total. The Kier molecular flexibility index (Phi) is 2.85. The number of fused-ring (bicyclic) bond motifs is 1. The van der Waals surface area contributed by atoms with E-state index in [0.29, 0.717) is 23.8 Å². The first kappa shape index (κ1) is 12.6. The third kappa shape index (κ3) is 2.01. The fourth-order valence-corrected chi connectivity index (χ4v) is 2.30. The van der Waals surface area contributed by atoms with Crippen molar-refractivity contribution in [3.63, 3.8) is 0 Å². The molecular formula is C14H11N7O. The Balaban J connectivity index is 1.93. The largest absolute Gasteiger partial charge is 0.301 e. The van der Waals surface area contributed by atoms with Gasteiger partial charge < -0.3 is 4.57 Å². The molecule has 0 aromatic carbocycles. The molecule has 0 fully saturated rings. The van der Waals surface area contributed by atoms with Crippen LogP contribution in [0.2, 0.25) is 0 Å². The molecule has 4 heterocycles. The summed E-state index contributed by atoms with van der Waals surface area (Å²) in [7, 11) is 0. The summed E-state index contributed by atoms with van der Waals surface area (Å²) in [4.78, 5) is 9.01. The standard InChI is InChI=1S/C14H11N7O/c1-9-12(20-22-19-9)14-17-11-5-3-6-15-13(11)21(14)8-10-4-2-7-16-18-10/h2-7H,8H2,1H3. The van der Waals surface area contributed by atoms with Gasteiger partial charge in [-0.3, -0.25) is 0 Å². The summed E-state index contributed by atoms with van der Waals surface area (Å²) in [5.74, 6) is 0.651. The number of hydrogen-bond donors (Lipinski definition) is 0. The Morgan fingerprint density at radius 1 is 1.14 bits per heavy atom. The minimum atomic E-state index is 0.489. The SMILES string of the molecule is Cc1nonc1-c1nc2cccnc2n1Cc1cccnn1. The zero-order valence-electron chi connectivity index (χ0n) is 11.7. The van der Waals surface area contributed by atoms with Gasteiger partial charge in [-0.15, -0.1) is 0 Å². The fourth-order valence-electron chi connectivity index (χ4n) is 2.30.